The molecule has 1 amide bonds. The van der Waals surface area contributed by atoms with E-state index < -0.39 is 0 Å². The van der Waals surface area contributed by atoms with Gasteiger partial charge in [0.25, 0.3) is 0 Å². The van der Waals surface area contributed by atoms with E-state index in [0.29, 0.717) is 12.5 Å². The Labute approximate surface area is 148 Å². The average molecular weight is 343 g/mol. The summed E-state index contributed by atoms with van der Waals surface area (Å²) < 4.78 is 0. The van der Waals surface area contributed by atoms with Crippen LogP contribution in [0.5, 0.6) is 0 Å². The maximum absolute atomic E-state index is 11.8. The molecule has 0 radical (unpaired) electrons. The summed E-state index contributed by atoms with van der Waals surface area (Å²) in [4.78, 5) is 21.7. The molecular formula is C19H25N3OS. The number of hydrogen-bond acceptors (Lipinski definition) is 4. The number of benzene rings is 1. The molecule has 1 aliphatic rings. The van der Waals surface area contributed by atoms with Crippen molar-refractivity contribution in [1.82, 2.24) is 14.8 Å². The lowest BCUT2D eigenvalue weighted by Crippen LogP contribution is -2.34. The van der Waals surface area contributed by atoms with Crippen LogP contribution < -0.4 is 0 Å². The number of likely N-dealkylation sites (N-methyl/N-ethyl adjacent to an activating group) is 2. The summed E-state index contributed by atoms with van der Waals surface area (Å²) in [5.41, 5.74) is 2.71. The standard InChI is InChI=1S/C19H25N3OS/c1-21(2)19(23)13-22(3)12-18-20-16-10-9-15(11-17(16)24-18)14-7-5-4-6-8-14/h4-8,15H,9-13H2,1-3H3/t15-/m1/s1. The first-order valence-corrected chi connectivity index (χ1v) is 9.25. The number of fused-ring (bicyclic) bond motifs is 1. The smallest absolute Gasteiger partial charge is 0.236 e. The summed E-state index contributed by atoms with van der Waals surface area (Å²) in [6.07, 6.45) is 3.33. The van der Waals surface area contributed by atoms with Gasteiger partial charge in [-0.2, -0.15) is 0 Å². The zero-order valence-electron chi connectivity index (χ0n) is 14.7. The average Bonchev–Trinajstić information content (AvgIpc) is 2.96. The molecule has 1 aromatic heterocycles. The summed E-state index contributed by atoms with van der Waals surface area (Å²) in [6.45, 7) is 1.18. The fourth-order valence-corrected chi connectivity index (χ4v) is 4.44. The van der Waals surface area contributed by atoms with Crippen LogP contribution in [-0.4, -0.2) is 48.4 Å². The first-order chi connectivity index (χ1) is 11.5. The van der Waals surface area contributed by atoms with Gasteiger partial charge < -0.3 is 4.90 Å². The number of carbonyl (C=O) groups excluding carboxylic acids is 1. The van der Waals surface area contributed by atoms with Gasteiger partial charge >= 0.3 is 0 Å². The molecule has 1 atom stereocenters. The van der Waals surface area contributed by atoms with Crippen LogP contribution >= 0.6 is 11.3 Å². The van der Waals surface area contributed by atoms with E-state index in [9.17, 15) is 4.79 Å². The Balaban J connectivity index is 1.64. The van der Waals surface area contributed by atoms with Crippen LogP contribution in [-0.2, 0) is 24.2 Å². The molecule has 0 spiro atoms. The Morgan fingerprint density at radius 3 is 2.71 bits per heavy atom. The Bertz CT molecular complexity index is 696. The highest BCUT2D eigenvalue weighted by Gasteiger charge is 2.24. The van der Waals surface area contributed by atoms with Crippen molar-refractivity contribution < 1.29 is 4.79 Å². The number of thiazole rings is 1. The molecule has 5 heteroatoms. The number of rotatable bonds is 5. The third-order valence-corrected chi connectivity index (χ3v) is 5.67. The normalized spacial score (nSPS) is 16.9. The van der Waals surface area contributed by atoms with Crippen LogP contribution in [0, 0.1) is 0 Å². The summed E-state index contributed by atoms with van der Waals surface area (Å²) in [5.74, 6) is 0.739. The van der Waals surface area contributed by atoms with Crippen molar-refractivity contribution in [2.45, 2.75) is 31.7 Å². The second-order valence-corrected chi connectivity index (χ2v) is 7.96. The van der Waals surface area contributed by atoms with E-state index in [-0.39, 0.29) is 5.91 Å². The molecule has 3 rings (SSSR count). The lowest BCUT2D eigenvalue weighted by Gasteiger charge is -2.21. The van der Waals surface area contributed by atoms with Gasteiger partial charge in [-0.1, -0.05) is 30.3 Å². The van der Waals surface area contributed by atoms with Gasteiger partial charge in [0.2, 0.25) is 5.91 Å². The topological polar surface area (TPSA) is 36.4 Å². The van der Waals surface area contributed by atoms with Crippen molar-refractivity contribution in [2.24, 2.45) is 0 Å². The predicted molar refractivity (Wildman–Crippen MR) is 98.4 cm³/mol. The Kier molecular flexibility index (Phi) is 5.31. The minimum Gasteiger partial charge on any atom is -0.348 e. The molecule has 0 fully saturated rings. The first-order valence-electron chi connectivity index (χ1n) is 8.44. The Hall–Kier alpha value is -1.72. The molecule has 1 aromatic carbocycles. The first kappa shape index (κ1) is 17.1. The van der Waals surface area contributed by atoms with Crippen molar-refractivity contribution in [3.63, 3.8) is 0 Å². The maximum atomic E-state index is 11.8. The number of carbonyl (C=O) groups is 1. The minimum absolute atomic E-state index is 0.128. The number of aryl methyl sites for hydroxylation is 1. The van der Waals surface area contributed by atoms with Crippen molar-refractivity contribution in [3.8, 4) is 0 Å². The quantitative estimate of drug-likeness (QED) is 0.837. The fourth-order valence-electron chi connectivity index (χ4n) is 3.16. The molecule has 0 N–H and O–H groups in total. The van der Waals surface area contributed by atoms with E-state index in [1.165, 1.54) is 22.6 Å². The molecule has 1 aliphatic carbocycles. The third-order valence-electron chi connectivity index (χ3n) is 4.56. The zero-order chi connectivity index (χ0) is 17.1. The van der Waals surface area contributed by atoms with Crippen LogP contribution in [0.4, 0.5) is 0 Å². The number of aromatic nitrogens is 1. The molecule has 128 valence electrons. The van der Waals surface area contributed by atoms with Crippen LogP contribution in [0.25, 0.3) is 0 Å². The van der Waals surface area contributed by atoms with Crippen molar-refractivity contribution in [3.05, 3.63) is 51.5 Å². The molecule has 0 saturated heterocycles. The van der Waals surface area contributed by atoms with Gasteiger partial charge in [0, 0.05) is 19.0 Å². The van der Waals surface area contributed by atoms with E-state index in [1.807, 2.05) is 23.3 Å². The molecule has 0 bridgehead atoms. The second kappa shape index (κ2) is 7.45. The van der Waals surface area contributed by atoms with Gasteiger partial charge in [0.15, 0.2) is 0 Å². The zero-order valence-corrected chi connectivity index (χ0v) is 15.5. The van der Waals surface area contributed by atoms with E-state index in [2.05, 4.69) is 30.3 Å². The van der Waals surface area contributed by atoms with Crippen molar-refractivity contribution in [2.75, 3.05) is 27.7 Å². The Morgan fingerprint density at radius 2 is 2.00 bits per heavy atom. The van der Waals surface area contributed by atoms with Crippen LogP contribution in [0.3, 0.4) is 0 Å². The summed E-state index contributed by atoms with van der Waals surface area (Å²) >= 11 is 1.82. The van der Waals surface area contributed by atoms with Crippen LogP contribution in [0.2, 0.25) is 0 Å². The van der Waals surface area contributed by atoms with Crippen LogP contribution in [0.15, 0.2) is 30.3 Å². The SMILES string of the molecule is CN(CC(=O)N(C)C)Cc1nc2c(s1)C[C@H](c1ccccc1)CC2. The van der Waals surface area contributed by atoms with E-state index in [0.717, 1.165) is 24.4 Å². The summed E-state index contributed by atoms with van der Waals surface area (Å²) in [6, 6.07) is 10.8. The Morgan fingerprint density at radius 1 is 1.25 bits per heavy atom. The lowest BCUT2D eigenvalue weighted by atomic mass is 9.85. The molecular weight excluding hydrogens is 318 g/mol. The van der Waals surface area contributed by atoms with Gasteiger partial charge in [-0.25, -0.2) is 4.98 Å². The predicted octanol–water partition coefficient (Wildman–Crippen LogP) is 2.94. The van der Waals surface area contributed by atoms with Gasteiger partial charge in [-0.05, 0) is 37.8 Å². The number of nitrogens with zero attached hydrogens (tertiary/aromatic N) is 3. The van der Waals surface area contributed by atoms with E-state index in [1.54, 1.807) is 19.0 Å². The largest absolute Gasteiger partial charge is 0.348 e. The number of hydrogen-bond donors (Lipinski definition) is 0. The molecule has 0 saturated carbocycles. The van der Waals surface area contributed by atoms with Gasteiger partial charge in [0.1, 0.15) is 5.01 Å². The molecule has 4 nitrogen and oxygen atoms in total. The van der Waals surface area contributed by atoms with Crippen LogP contribution in [0.1, 0.15) is 33.5 Å². The van der Waals surface area contributed by atoms with Gasteiger partial charge in [-0.3, -0.25) is 9.69 Å². The summed E-state index contributed by atoms with van der Waals surface area (Å²) in [7, 11) is 5.57. The third kappa shape index (κ3) is 4.02. The summed E-state index contributed by atoms with van der Waals surface area (Å²) in [5, 5.41) is 1.13. The monoisotopic (exact) mass is 343 g/mol. The van der Waals surface area contributed by atoms with E-state index in [4.69, 9.17) is 4.98 Å². The van der Waals surface area contributed by atoms with Gasteiger partial charge in [-0.15, -0.1) is 11.3 Å². The lowest BCUT2D eigenvalue weighted by molar-refractivity contribution is -0.129. The van der Waals surface area contributed by atoms with Gasteiger partial charge in [0.05, 0.1) is 18.8 Å². The molecule has 2 aromatic rings. The van der Waals surface area contributed by atoms with E-state index >= 15 is 0 Å². The molecule has 1 heterocycles. The highest BCUT2D eigenvalue weighted by atomic mass is 32.1. The molecule has 24 heavy (non-hydrogen) atoms. The highest BCUT2D eigenvalue weighted by Crippen LogP contribution is 2.35. The molecule has 0 aliphatic heterocycles. The second-order valence-electron chi connectivity index (χ2n) is 6.79. The maximum Gasteiger partial charge on any atom is 0.236 e. The van der Waals surface area contributed by atoms with Crippen molar-refractivity contribution in [1.29, 1.82) is 0 Å². The number of amides is 1. The molecule has 0 unspecified atom stereocenters. The minimum atomic E-state index is 0.128. The fraction of sp³-hybridized carbons (Fsp3) is 0.474. The highest BCUT2D eigenvalue weighted by molar-refractivity contribution is 7.11. The van der Waals surface area contributed by atoms with Crippen molar-refractivity contribution >= 4 is 17.2 Å².